The van der Waals surface area contributed by atoms with Crippen LogP contribution in [0, 0.1) is 5.92 Å². The number of amides is 2. The van der Waals surface area contributed by atoms with Gasteiger partial charge in [-0.2, -0.15) is 0 Å². The highest BCUT2D eigenvalue weighted by molar-refractivity contribution is 5.87. The van der Waals surface area contributed by atoms with Crippen LogP contribution in [0.2, 0.25) is 0 Å². The number of benzene rings is 1. The molecule has 6 nitrogen and oxygen atoms in total. The van der Waals surface area contributed by atoms with Crippen LogP contribution >= 0.6 is 0 Å². The first-order valence-electron chi connectivity index (χ1n) is 8.63. The van der Waals surface area contributed by atoms with E-state index in [0.717, 1.165) is 39.3 Å². The minimum atomic E-state index is -0.131. The summed E-state index contributed by atoms with van der Waals surface area (Å²) in [7, 11) is 0. The predicted octanol–water partition coefficient (Wildman–Crippen LogP) is 0.355. The van der Waals surface area contributed by atoms with E-state index in [-0.39, 0.29) is 24.3 Å². The van der Waals surface area contributed by atoms with Crippen LogP contribution in [-0.4, -0.2) is 62.7 Å². The first-order chi connectivity index (χ1) is 11.7. The van der Waals surface area contributed by atoms with Crippen LogP contribution in [0.15, 0.2) is 30.3 Å². The van der Waals surface area contributed by atoms with E-state index in [0.29, 0.717) is 12.5 Å². The fourth-order valence-corrected chi connectivity index (χ4v) is 3.09. The van der Waals surface area contributed by atoms with E-state index in [4.69, 9.17) is 4.74 Å². The molecular weight excluding hydrogens is 306 g/mol. The van der Waals surface area contributed by atoms with Crippen LogP contribution in [0.5, 0.6) is 0 Å². The van der Waals surface area contributed by atoms with Crippen molar-refractivity contribution < 1.29 is 14.3 Å². The molecule has 1 aliphatic carbocycles. The molecule has 0 aromatic heterocycles. The van der Waals surface area contributed by atoms with Crippen molar-refractivity contribution in [2.45, 2.75) is 12.3 Å². The lowest BCUT2D eigenvalue weighted by Gasteiger charge is -2.26. The molecule has 1 heterocycles. The summed E-state index contributed by atoms with van der Waals surface area (Å²) in [4.78, 5) is 26.2. The van der Waals surface area contributed by atoms with Gasteiger partial charge in [0.25, 0.3) is 0 Å². The molecule has 2 amide bonds. The maximum absolute atomic E-state index is 12.1. The second-order valence-corrected chi connectivity index (χ2v) is 6.38. The Labute approximate surface area is 142 Å². The summed E-state index contributed by atoms with van der Waals surface area (Å²) in [5.74, 6) is 0.157. The van der Waals surface area contributed by atoms with Gasteiger partial charge in [-0.3, -0.25) is 14.5 Å². The first kappa shape index (κ1) is 16.9. The van der Waals surface area contributed by atoms with Crippen molar-refractivity contribution in [3.05, 3.63) is 35.9 Å². The summed E-state index contributed by atoms with van der Waals surface area (Å²) >= 11 is 0. The van der Waals surface area contributed by atoms with E-state index in [9.17, 15) is 9.59 Å². The summed E-state index contributed by atoms with van der Waals surface area (Å²) < 4.78 is 5.28. The molecule has 0 spiro atoms. The van der Waals surface area contributed by atoms with Gasteiger partial charge in [-0.05, 0) is 17.9 Å². The molecule has 1 aromatic rings. The number of carbonyl (C=O) groups is 2. The highest BCUT2D eigenvalue weighted by atomic mass is 16.5. The van der Waals surface area contributed by atoms with Crippen molar-refractivity contribution in [1.29, 1.82) is 0 Å². The van der Waals surface area contributed by atoms with E-state index < -0.39 is 0 Å². The minimum Gasteiger partial charge on any atom is -0.379 e. The van der Waals surface area contributed by atoms with Gasteiger partial charge in [0.1, 0.15) is 0 Å². The Morgan fingerprint density at radius 2 is 1.88 bits per heavy atom. The number of hydrogen-bond acceptors (Lipinski definition) is 4. The van der Waals surface area contributed by atoms with Crippen LogP contribution in [0.1, 0.15) is 17.9 Å². The van der Waals surface area contributed by atoms with E-state index in [1.165, 1.54) is 5.56 Å². The maximum atomic E-state index is 12.1. The number of nitrogens with one attached hydrogen (secondary N) is 2. The van der Waals surface area contributed by atoms with Gasteiger partial charge in [-0.1, -0.05) is 30.3 Å². The number of carbonyl (C=O) groups excluding carboxylic acids is 2. The van der Waals surface area contributed by atoms with Crippen LogP contribution in [0.4, 0.5) is 0 Å². The largest absolute Gasteiger partial charge is 0.379 e. The van der Waals surface area contributed by atoms with Gasteiger partial charge in [0.15, 0.2) is 0 Å². The molecule has 0 bridgehead atoms. The molecule has 2 unspecified atom stereocenters. The summed E-state index contributed by atoms with van der Waals surface area (Å²) in [6.07, 6.45) is 0.870. The van der Waals surface area contributed by atoms with Gasteiger partial charge in [0.05, 0.1) is 19.8 Å². The SMILES string of the molecule is O=C(CNC(=O)C1CC1c1ccccc1)NCCN1CCOCC1. The molecular formula is C18H25N3O3. The number of morpholine rings is 1. The summed E-state index contributed by atoms with van der Waals surface area (Å²) in [5, 5.41) is 5.60. The van der Waals surface area contributed by atoms with Gasteiger partial charge in [0.2, 0.25) is 11.8 Å². The van der Waals surface area contributed by atoms with Gasteiger partial charge >= 0.3 is 0 Å². The number of nitrogens with zero attached hydrogens (tertiary/aromatic N) is 1. The van der Waals surface area contributed by atoms with E-state index >= 15 is 0 Å². The third kappa shape index (κ3) is 4.79. The fourth-order valence-electron chi connectivity index (χ4n) is 3.09. The monoisotopic (exact) mass is 331 g/mol. The van der Waals surface area contributed by atoms with E-state index in [2.05, 4.69) is 27.7 Å². The van der Waals surface area contributed by atoms with Crippen molar-refractivity contribution >= 4 is 11.8 Å². The molecule has 2 fully saturated rings. The molecule has 2 aliphatic rings. The van der Waals surface area contributed by atoms with Crippen molar-refractivity contribution in [3.8, 4) is 0 Å². The molecule has 1 aliphatic heterocycles. The molecule has 2 N–H and O–H groups in total. The summed E-state index contributed by atoms with van der Waals surface area (Å²) in [6, 6.07) is 10.1. The third-order valence-electron chi connectivity index (χ3n) is 4.63. The molecule has 2 atom stereocenters. The van der Waals surface area contributed by atoms with Crippen molar-refractivity contribution in [1.82, 2.24) is 15.5 Å². The topological polar surface area (TPSA) is 70.7 Å². The minimum absolute atomic E-state index is 0.00792. The average Bonchev–Trinajstić information content (AvgIpc) is 3.42. The molecule has 24 heavy (non-hydrogen) atoms. The van der Waals surface area contributed by atoms with Crippen LogP contribution in [0.25, 0.3) is 0 Å². The summed E-state index contributed by atoms with van der Waals surface area (Å²) in [5.41, 5.74) is 1.20. The van der Waals surface area contributed by atoms with Crippen LogP contribution < -0.4 is 10.6 Å². The van der Waals surface area contributed by atoms with Crippen molar-refractivity contribution in [2.75, 3.05) is 45.9 Å². The van der Waals surface area contributed by atoms with Gasteiger partial charge < -0.3 is 15.4 Å². The molecule has 1 saturated heterocycles. The number of ether oxygens (including phenoxy) is 1. The Morgan fingerprint density at radius 1 is 1.12 bits per heavy atom. The Bertz CT molecular complexity index is 558. The lowest BCUT2D eigenvalue weighted by molar-refractivity contribution is -0.126. The maximum Gasteiger partial charge on any atom is 0.239 e. The normalized spacial score (nSPS) is 23.5. The lowest BCUT2D eigenvalue weighted by atomic mass is 10.1. The zero-order valence-electron chi connectivity index (χ0n) is 13.9. The third-order valence-corrected chi connectivity index (χ3v) is 4.63. The lowest BCUT2D eigenvalue weighted by Crippen LogP contribution is -2.43. The van der Waals surface area contributed by atoms with Crippen LogP contribution in [-0.2, 0) is 14.3 Å². The summed E-state index contributed by atoms with van der Waals surface area (Å²) in [6.45, 7) is 4.82. The van der Waals surface area contributed by atoms with Gasteiger partial charge in [-0.25, -0.2) is 0 Å². The van der Waals surface area contributed by atoms with Gasteiger partial charge in [0, 0.05) is 32.1 Å². The highest BCUT2D eigenvalue weighted by Gasteiger charge is 2.43. The quantitative estimate of drug-likeness (QED) is 0.757. The molecule has 1 aromatic carbocycles. The Morgan fingerprint density at radius 3 is 2.62 bits per heavy atom. The second kappa shape index (κ2) is 8.26. The smallest absolute Gasteiger partial charge is 0.239 e. The molecule has 3 rings (SSSR count). The number of rotatable bonds is 7. The first-order valence-corrected chi connectivity index (χ1v) is 8.63. The van der Waals surface area contributed by atoms with E-state index in [1.54, 1.807) is 0 Å². The standard InChI is InChI=1S/C18H25N3O3/c22-17(19-6-7-21-8-10-24-11-9-21)13-20-18(23)16-12-15(16)14-4-2-1-3-5-14/h1-5,15-16H,6-13H2,(H,19,22)(H,20,23). The zero-order valence-corrected chi connectivity index (χ0v) is 13.9. The van der Waals surface area contributed by atoms with Crippen molar-refractivity contribution in [2.24, 2.45) is 5.92 Å². The average molecular weight is 331 g/mol. The Kier molecular flexibility index (Phi) is 5.82. The second-order valence-electron chi connectivity index (χ2n) is 6.38. The molecule has 0 radical (unpaired) electrons. The Hall–Kier alpha value is -1.92. The number of hydrogen-bond donors (Lipinski definition) is 2. The molecule has 130 valence electrons. The Balaban J connectivity index is 1.29. The van der Waals surface area contributed by atoms with E-state index in [1.807, 2.05) is 18.2 Å². The molecule has 1 saturated carbocycles. The van der Waals surface area contributed by atoms with Gasteiger partial charge in [-0.15, -0.1) is 0 Å². The van der Waals surface area contributed by atoms with Crippen molar-refractivity contribution in [3.63, 3.8) is 0 Å². The fraction of sp³-hybridized carbons (Fsp3) is 0.556. The molecule has 6 heteroatoms. The zero-order chi connectivity index (χ0) is 16.8. The highest BCUT2D eigenvalue weighted by Crippen LogP contribution is 2.47. The van der Waals surface area contributed by atoms with Crippen LogP contribution in [0.3, 0.4) is 0 Å². The predicted molar refractivity (Wildman–Crippen MR) is 90.6 cm³/mol.